The lowest BCUT2D eigenvalue weighted by Gasteiger charge is -2.09. The van der Waals surface area contributed by atoms with Crippen molar-refractivity contribution in [2.75, 3.05) is 20.2 Å². The van der Waals surface area contributed by atoms with Crippen LogP contribution in [0.15, 0.2) is 18.2 Å². The highest BCUT2D eigenvalue weighted by molar-refractivity contribution is 5.80. The van der Waals surface area contributed by atoms with E-state index < -0.39 is 0 Å². The number of carbonyl (C=O) groups is 1. The molecule has 3 N–H and O–H groups in total. The molecule has 1 aromatic carbocycles. The van der Waals surface area contributed by atoms with Gasteiger partial charge >= 0.3 is 0 Å². The largest absolute Gasteiger partial charge is 0.508 e. The Bertz CT molecular complexity index is 444. The van der Waals surface area contributed by atoms with Gasteiger partial charge in [0.15, 0.2) is 0 Å². The first-order valence-electron chi connectivity index (χ1n) is 6.55. The first kappa shape index (κ1) is 13.7. The van der Waals surface area contributed by atoms with Gasteiger partial charge in [-0.2, -0.15) is 0 Å². The summed E-state index contributed by atoms with van der Waals surface area (Å²) in [5, 5.41) is 15.7. The van der Waals surface area contributed by atoms with E-state index in [0.29, 0.717) is 19.6 Å². The highest BCUT2D eigenvalue weighted by atomic mass is 16.5. The topological polar surface area (TPSA) is 70.6 Å². The van der Waals surface area contributed by atoms with Crippen LogP contribution in [0.2, 0.25) is 0 Å². The number of phenolic OH excluding ortho intramolecular Hbond substituents is 1. The highest BCUT2D eigenvalue weighted by Crippen LogP contribution is 2.28. The van der Waals surface area contributed by atoms with Gasteiger partial charge in [-0.1, -0.05) is 0 Å². The van der Waals surface area contributed by atoms with Crippen molar-refractivity contribution in [1.29, 1.82) is 0 Å². The minimum atomic E-state index is 0.158. The Morgan fingerprint density at radius 2 is 2.21 bits per heavy atom. The van der Waals surface area contributed by atoms with Crippen LogP contribution in [0.25, 0.3) is 0 Å². The summed E-state index contributed by atoms with van der Waals surface area (Å²) in [6.45, 7) is 1.83. The van der Waals surface area contributed by atoms with E-state index in [1.165, 1.54) is 0 Å². The number of hydrogen-bond acceptors (Lipinski definition) is 4. The molecule has 5 heteroatoms. The molecule has 0 bridgehead atoms. The van der Waals surface area contributed by atoms with E-state index in [1.54, 1.807) is 25.3 Å². The average Bonchev–Trinajstić information content (AvgIpc) is 3.24. The molecule has 0 aromatic heterocycles. The number of methoxy groups -OCH3 is 1. The van der Waals surface area contributed by atoms with E-state index in [9.17, 15) is 9.90 Å². The van der Waals surface area contributed by atoms with E-state index in [0.717, 1.165) is 24.2 Å². The molecular weight excluding hydrogens is 244 g/mol. The van der Waals surface area contributed by atoms with Crippen LogP contribution in [0.5, 0.6) is 11.5 Å². The van der Waals surface area contributed by atoms with Crippen molar-refractivity contribution in [3.05, 3.63) is 23.8 Å². The number of ether oxygens (including phenoxy) is 1. The van der Waals surface area contributed by atoms with Gasteiger partial charge in [0.1, 0.15) is 11.5 Å². The quantitative estimate of drug-likeness (QED) is 0.643. The lowest BCUT2D eigenvalue weighted by atomic mass is 10.2. The first-order valence-corrected chi connectivity index (χ1v) is 6.55. The molecule has 1 fully saturated rings. The van der Waals surface area contributed by atoms with Crippen molar-refractivity contribution in [2.24, 2.45) is 5.92 Å². The smallest absolute Gasteiger partial charge is 0.223 e. The SMILES string of the molecule is COc1ccc(O)c(CNCCNC(=O)C2CC2)c1. The highest BCUT2D eigenvalue weighted by Gasteiger charge is 2.28. The monoisotopic (exact) mass is 264 g/mol. The van der Waals surface area contributed by atoms with E-state index in [-0.39, 0.29) is 17.6 Å². The summed E-state index contributed by atoms with van der Waals surface area (Å²) < 4.78 is 5.11. The summed E-state index contributed by atoms with van der Waals surface area (Å²) >= 11 is 0. The normalized spacial score (nSPS) is 14.2. The van der Waals surface area contributed by atoms with Crippen LogP contribution < -0.4 is 15.4 Å². The van der Waals surface area contributed by atoms with Crippen molar-refractivity contribution in [1.82, 2.24) is 10.6 Å². The molecule has 0 unspecified atom stereocenters. The Hall–Kier alpha value is -1.75. The zero-order valence-corrected chi connectivity index (χ0v) is 11.1. The van der Waals surface area contributed by atoms with E-state index >= 15 is 0 Å². The molecule has 19 heavy (non-hydrogen) atoms. The van der Waals surface area contributed by atoms with Crippen molar-refractivity contribution in [3.63, 3.8) is 0 Å². The fraction of sp³-hybridized carbons (Fsp3) is 0.500. The van der Waals surface area contributed by atoms with E-state index in [2.05, 4.69) is 10.6 Å². The molecule has 2 rings (SSSR count). The minimum Gasteiger partial charge on any atom is -0.508 e. The molecule has 0 spiro atoms. The number of phenols is 1. The molecule has 1 aliphatic rings. The average molecular weight is 264 g/mol. The van der Waals surface area contributed by atoms with Crippen molar-refractivity contribution < 1.29 is 14.6 Å². The summed E-state index contributed by atoms with van der Waals surface area (Å²) in [4.78, 5) is 11.4. The van der Waals surface area contributed by atoms with Gasteiger partial charge in [-0.05, 0) is 31.0 Å². The van der Waals surface area contributed by atoms with Crippen LogP contribution in [0.3, 0.4) is 0 Å². The summed E-state index contributed by atoms with van der Waals surface area (Å²) in [6.07, 6.45) is 2.05. The first-order chi connectivity index (χ1) is 9.20. The van der Waals surface area contributed by atoms with Crippen molar-refractivity contribution in [2.45, 2.75) is 19.4 Å². The Morgan fingerprint density at radius 3 is 2.89 bits per heavy atom. The summed E-state index contributed by atoms with van der Waals surface area (Å²) in [6, 6.07) is 5.13. The summed E-state index contributed by atoms with van der Waals surface area (Å²) in [7, 11) is 1.59. The van der Waals surface area contributed by atoms with Crippen molar-refractivity contribution in [3.8, 4) is 11.5 Å². The van der Waals surface area contributed by atoms with Crippen LogP contribution in [0.4, 0.5) is 0 Å². The molecule has 0 heterocycles. The van der Waals surface area contributed by atoms with Gasteiger partial charge < -0.3 is 20.5 Å². The second kappa shape index (κ2) is 6.43. The number of hydrogen-bond donors (Lipinski definition) is 3. The molecule has 104 valence electrons. The summed E-state index contributed by atoms with van der Waals surface area (Å²) in [5.74, 6) is 1.38. The maximum absolute atomic E-state index is 11.4. The molecule has 0 radical (unpaired) electrons. The maximum atomic E-state index is 11.4. The molecular formula is C14H20N2O3. The molecule has 0 atom stereocenters. The van der Waals surface area contributed by atoms with Crippen LogP contribution >= 0.6 is 0 Å². The fourth-order valence-corrected chi connectivity index (χ4v) is 1.82. The molecule has 1 aliphatic carbocycles. The van der Waals surface area contributed by atoms with Gasteiger partial charge in [0.2, 0.25) is 5.91 Å². The lowest BCUT2D eigenvalue weighted by molar-refractivity contribution is -0.122. The van der Waals surface area contributed by atoms with Crippen LogP contribution in [0.1, 0.15) is 18.4 Å². The second-order valence-corrected chi connectivity index (χ2v) is 4.74. The van der Waals surface area contributed by atoms with Crippen molar-refractivity contribution >= 4 is 5.91 Å². The second-order valence-electron chi connectivity index (χ2n) is 4.74. The Morgan fingerprint density at radius 1 is 1.42 bits per heavy atom. The molecule has 0 aliphatic heterocycles. The molecule has 5 nitrogen and oxygen atoms in total. The Labute approximate surface area is 113 Å². The molecule has 1 amide bonds. The van der Waals surface area contributed by atoms with Crippen LogP contribution in [-0.2, 0) is 11.3 Å². The summed E-state index contributed by atoms with van der Waals surface area (Å²) in [5.41, 5.74) is 0.785. The van der Waals surface area contributed by atoms with Gasteiger partial charge in [0, 0.05) is 31.1 Å². The Kier molecular flexibility index (Phi) is 4.63. The maximum Gasteiger partial charge on any atom is 0.223 e. The number of benzene rings is 1. The van der Waals surface area contributed by atoms with E-state index in [4.69, 9.17) is 4.74 Å². The zero-order chi connectivity index (χ0) is 13.7. The number of nitrogens with one attached hydrogen (secondary N) is 2. The predicted molar refractivity (Wildman–Crippen MR) is 72.1 cm³/mol. The zero-order valence-electron chi connectivity index (χ0n) is 11.1. The number of carbonyl (C=O) groups excluding carboxylic acids is 1. The van der Waals surface area contributed by atoms with Gasteiger partial charge in [-0.15, -0.1) is 0 Å². The molecule has 1 aromatic rings. The van der Waals surface area contributed by atoms with E-state index in [1.807, 2.05) is 0 Å². The standard InChI is InChI=1S/C14H20N2O3/c1-19-12-4-5-13(17)11(8-12)9-15-6-7-16-14(18)10-2-3-10/h4-5,8,10,15,17H,2-3,6-7,9H2,1H3,(H,16,18). The number of amides is 1. The number of rotatable bonds is 7. The van der Waals surface area contributed by atoms with Gasteiger partial charge in [-0.25, -0.2) is 0 Å². The van der Waals surface area contributed by atoms with Gasteiger partial charge in [0.25, 0.3) is 0 Å². The number of aromatic hydroxyl groups is 1. The van der Waals surface area contributed by atoms with Gasteiger partial charge in [0.05, 0.1) is 7.11 Å². The fourth-order valence-electron chi connectivity index (χ4n) is 1.82. The third-order valence-corrected chi connectivity index (χ3v) is 3.15. The minimum absolute atomic E-state index is 0.158. The van der Waals surface area contributed by atoms with Crippen LogP contribution in [0, 0.1) is 5.92 Å². The lowest BCUT2D eigenvalue weighted by Crippen LogP contribution is -2.32. The van der Waals surface area contributed by atoms with Gasteiger partial charge in [-0.3, -0.25) is 4.79 Å². The Balaban J connectivity index is 1.68. The molecule has 0 saturated heterocycles. The molecule has 1 saturated carbocycles. The van der Waals surface area contributed by atoms with Crippen LogP contribution in [-0.4, -0.2) is 31.2 Å². The predicted octanol–water partition coefficient (Wildman–Crippen LogP) is 1.02. The third kappa shape index (κ3) is 4.13. The third-order valence-electron chi connectivity index (χ3n) is 3.15.